The fraction of sp³-hybridized carbons (Fsp3) is 0.500. The predicted octanol–water partition coefficient (Wildman–Crippen LogP) is -0.429. The number of hydrogen-bond acceptors (Lipinski definition) is 3. The molecular formula is C8H12N2O3. The number of aromatic nitrogens is 2. The lowest BCUT2D eigenvalue weighted by molar-refractivity contribution is 0.102. The Bertz CT molecular complexity index is 379. The first kappa shape index (κ1) is 9.73. The highest BCUT2D eigenvalue weighted by molar-refractivity contribution is 4.82. The highest BCUT2D eigenvalue weighted by Gasteiger charge is 2.02. The van der Waals surface area contributed by atoms with Crippen LogP contribution in [0.2, 0.25) is 0 Å². The van der Waals surface area contributed by atoms with Crippen molar-refractivity contribution in [2.75, 3.05) is 7.11 Å². The average Bonchev–Trinajstić information content (AvgIpc) is 2.09. The molecule has 0 amide bonds. The first-order valence-electron chi connectivity index (χ1n) is 3.96. The van der Waals surface area contributed by atoms with Crippen LogP contribution in [0.15, 0.2) is 21.9 Å². The van der Waals surface area contributed by atoms with Crippen LogP contribution >= 0.6 is 0 Å². The molecule has 0 aliphatic rings. The molecule has 0 radical (unpaired) electrons. The summed E-state index contributed by atoms with van der Waals surface area (Å²) in [7, 11) is 1.57. The molecule has 1 N–H and O–H groups in total. The molecule has 1 rings (SSSR count). The van der Waals surface area contributed by atoms with Crippen molar-refractivity contribution < 1.29 is 4.74 Å². The van der Waals surface area contributed by atoms with Crippen LogP contribution in [0.4, 0.5) is 0 Å². The van der Waals surface area contributed by atoms with Gasteiger partial charge in [-0.1, -0.05) is 0 Å². The topological polar surface area (TPSA) is 64.1 Å². The maximum Gasteiger partial charge on any atom is 0.328 e. The summed E-state index contributed by atoms with van der Waals surface area (Å²) in [4.78, 5) is 24.0. The smallest absolute Gasteiger partial charge is 0.328 e. The van der Waals surface area contributed by atoms with Crippen LogP contribution < -0.4 is 11.2 Å². The van der Waals surface area contributed by atoms with Gasteiger partial charge in [0, 0.05) is 19.4 Å². The minimum atomic E-state index is -0.406. The van der Waals surface area contributed by atoms with Gasteiger partial charge in [-0.2, -0.15) is 0 Å². The summed E-state index contributed by atoms with van der Waals surface area (Å²) in [5.74, 6) is 0. The molecule has 13 heavy (non-hydrogen) atoms. The van der Waals surface area contributed by atoms with Crippen molar-refractivity contribution in [1.82, 2.24) is 9.55 Å². The Labute approximate surface area is 75.0 Å². The first-order chi connectivity index (χ1) is 6.13. The second-order valence-electron chi connectivity index (χ2n) is 2.81. The summed E-state index contributed by atoms with van der Waals surface area (Å²) in [5, 5.41) is 0. The lowest BCUT2D eigenvalue weighted by atomic mass is 10.4. The summed E-state index contributed by atoms with van der Waals surface area (Å²) in [5.41, 5.74) is -0.789. The maximum absolute atomic E-state index is 11.1. The van der Waals surface area contributed by atoms with Crippen molar-refractivity contribution in [2.45, 2.75) is 19.6 Å². The molecule has 0 aromatic carbocycles. The molecule has 0 saturated carbocycles. The van der Waals surface area contributed by atoms with Crippen molar-refractivity contribution in [2.24, 2.45) is 0 Å². The Morgan fingerprint density at radius 1 is 1.62 bits per heavy atom. The van der Waals surface area contributed by atoms with Gasteiger partial charge in [-0.15, -0.1) is 0 Å². The Morgan fingerprint density at radius 3 is 2.85 bits per heavy atom. The first-order valence-corrected chi connectivity index (χ1v) is 3.96. The Morgan fingerprint density at radius 2 is 2.31 bits per heavy atom. The van der Waals surface area contributed by atoms with Crippen LogP contribution in [0.1, 0.15) is 6.92 Å². The standard InChI is InChI=1S/C8H12N2O3/c1-6(13-2)5-10-4-3-7(11)9-8(10)12/h3-4,6H,5H2,1-2H3,(H,9,11,12). The van der Waals surface area contributed by atoms with Crippen molar-refractivity contribution in [3.8, 4) is 0 Å². The van der Waals surface area contributed by atoms with E-state index in [4.69, 9.17) is 4.74 Å². The molecule has 0 bridgehead atoms. The van der Waals surface area contributed by atoms with Crippen LogP contribution in [0.25, 0.3) is 0 Å². The van der Waals surface area contributed by atoms with Crippen molar-refractivity contribution in [3.63, 3.8) is 0 Å². The minimum Gasteiger partial charge on any atom is -0.380 e. The number of nitrogens with one attached hydrogen (secondary N) is 1. The molecule has 0 aliphatic heterocycles. The number of H-pyrrole nitrogens is 1. The molecule has 1 aromatic heterocycles. The van der Waals surface area contributed by atoms with Crippen molar-refractivity contribution >= 4 is 0 Å². The Kier molecular flexibility index (Phi) is 3.02. The van der Waals surface area contributed by atoms with E-state index in [9.17, 15) is 9.59 Å². The molecule has 5 nitrogen and oxygen atoms in total. The van der Waals surface area contributed by atoms with Gasteiger partial charge in [-0.05, 0) is 6.92 Å². The largest absolute Gasteiger partial charge is 0.380 e. The monoisotopic (exact) mass is 184 g/mol. The van der Waals surface area contributed by atoms with Crippen molar-refractivity contribution in [1.29, 1.82) is 0 Å². The maximum atomic E-state index is 11.1. The number of rotatable bonds is 3. The number of ether oxygens (including phenoxy) is 1. The number of nitrogens with zero attached hydrogens (tertiary/aromatic N) is 1. The fourth-order valence-electron chi connectivity index (χ4n) is 0.940. The molecule has 0 spiro atoms. The zero-order valence-electron chi connectivity index (χ0n) is 7.61. The summed E-state index contributed by atoms with van der Waals surface area (Å²) in [6.07, 6.45) is 1.40. The van der Waals surface area contributed by atoms with E-state index in [0.29, 0.717) is 6.54 Å². The minimum absolute atomic E-state index is 0.0522. The molecule has 1 heterocycles. The third kappa shape index (κ3) is 2.55. The highest BCUT2D eigenvalue weighted by atomic mass is 16.5. The van der Waals surface area contributed by atoms with Gasteiger partial charge in [0.05, 0.1) is 12.6 Å². The molecular weight excluding hydrogens is 172 g/mol. The second kappa shape index (κ2) is 4.04. The van der Waals surface area contributed by atoms with E-state index in [0.717, 1.165) is 0 Å². The van der Waals surface area contributed by atoms with E-state index >= 15 is 0 Å². The van der Waals surface area contributed by atoms with Crippen LogP contribution in [0, 0.1) is 0 Å². The predicted molar refractivity (Wildman–Crippen MR) is 47.8 cm³/mol. The second-order valence-corrected chi connectivity index (χ2v) is 2.81. The molecule has 1 aromatic rings. The molecule has 0 fully saturated rings. The van der Waals surface area contributed by atoms with Gasteiger partial charge in [-0.3, -0.25) is 14.3 Å². The number of methoxy groups -OCH3 is 1. The van der Waals surface area contributed by atoms with Gasteiger partial charge in [0.25, 0.3) is 5.56 Å². The van der Waals surface area contributed by atoms with Crippen molar-refractivity contribution in [3.05, 3.63) is 33.1 Å². The summed E-state index contributed by atoms with van der Waals surface area (Å²) in [6.45, 7) is 2.28. The third-order valence-electron chi connectivity index (χ3n) is 1.75. The van der Waals surface area contributed by atoms with E-state index in [2.05, 4.69) is 4.98 Å². The lowest BCUT2D eigenvalue weighted by Crippen LogP contribution is -2.31. The van der Waals surface area contributed by atoms with Gasteiger partial charge in [0.15, 0.2) is 0 Å². The van der Waals surface area contributed by atoms with Crippen LogP contribution in [0.3, 0.4) is 0 Å². The quantitative estimate of drug-likeness (QED) is 0.693. The number of hydrogen-bond donors (Lipinski definition) is 1. The molecule has 1 unspecified atom stereocenters. The van der Waals surface area contributed by atoms with Gasteiger partial charge < -0.3 is 4.74 Å². The zero-order chi connectivity index (χ0) is 9.84. The fourth-order valence-corrected chi connectivity index (χ4v) is 0.940. The Balaban J connectivity index is 2.90. The van der Waals surface area contributed by atoms with Gasteiger partial charge >= 0.3 is 5.69 Å². The van der Waals surface area contributed by atoms with E-state index in [-0.39, 0.29) is 11.7 Å². The lowest BCUT2D eigenvalue weighted by Gasteiger charge is -2.10. The van der Waals surface area contributed by atoms with E-state index in [1.807, 2.05) is 6.92 Å². The van der Waals surface area contributed by atoms with Crippen LogP contribution in [-0.4, -0.2) is 22.8 Å². The summed E-state index contributed by atoms with van der Waals surface area (Å²) >= 11 is 0. The van der Waals surface area contributed by atoms with Gasteiger partial charge in [0.1, 0.15) is 0 Å². The SMILES string of the molecule is COC(C)Cn1ccc(=O)[nH]c1=O. The molecule has 72 valence electrons. The molecule has 5 heteroatoms. The van der Waals surface area contributed by atoms with Crippen LogP contribution in [-0.2, 0) is 11.3 Å². The van der Waals surface area contributed by atoms with Gasteiger partial charge in [-0.25, -0.2) is 4.79 Å². The van der Waals surface area contributed by atoms with Crippen LogP contribution in [0.5, 0.6) is 0 Å². The molecule has 0 saturated heterocycles. The summed E-state index contributed by atoms with van der Waals surface area (Å²) < 4.78 is 6.39. The third-order valence-corrected chi connectivity index (χ3v) is 1.75. The van der Waals surface area contributed by atoms with E-state index in [1.54, 1.807) is 7.11 Å². The van der Waals surface area contributed by atoms with E-state index < -0.39 is 5.69 Å². The number of aromatic amines is 1. The van der Waals surface area contributed by atoms with E-state index in [1.165, 1.54) is 16.8 Å². The Hall–Kier alpha value is -1.36. The van der Waals surface area contributed by atoms with Gasteiger partial charge in [0.2, 0.25) is 0 Å². The molecule has 1 atom stereocenters. The normalized spacial score (nSPS) is 12.8. The highest BCUT2D eigenvalue weighted by Crippen LogP contribution is 1.89. The zero-order valence-corrected chi connectivity index (χ0v) is 7.61. The average molecular weight is 184 g/mol. The molecule has 0 aliphatic carbocycles. The summed E-state index contributed by atoms with van der Waals surface area (Å²) in [6, 6.07) is 1.31.